The molecule has 0 unspecified atom stereocenters. The molecular formula is C18H28IN3O3. The second kappa shape index (κ2) is 11.2. The van der Waals surface area contributed by atoms with Crippen LogP contribution < -0.4 is 15.4 Å². The normalized spacial score (nSPS) is 12.9. The van der Waals surface area contributed by atoms with E-state index in [-0.39, 0.29) is 36.0 Å². The highest BCUT2D eigenvalue weighted by Gasteiger charge is 2.11. The summed E-state index contributed by atoms with van der Waals surface area (Å²) < 4.78 is 10.6. The molecule has 2 N–H and O–H groups in total. The number of benzene rings is 1. The first-order valence-electron chi connectivity index (χ1n) is 8.47. The highest BCUT2D eigenvalue weighted by molar-refractivity contribution is 14.0. The lowest BCUT2D eigenvalue weighted by atomic mass is 10.1. The van der Waals surface area contributed by atoms with Crippen LogP contribution in [0.5, 0.6) is 5.75 Å². The van der Waals surface area contributed by atoms with Crippen LogP contribution in [0.1, 0.15) is 31.4 Å². The third kappa shape index (κ3) is 7.50. The molecular weight excluding hydrogens is 433 g/mol. The fourth-order valence-electron chi connectivity index (χ4n) is 2.55. The average Bonchev–Trinajstić information content (AvgIpc) is 3.00. The first-order valence-corrected chi connectivity index (χ1v) is 8.47. The predicted octanol–water partition coefficient (Wildman–Crippen LogP) is 2.29. The molecule has 0 aliphatic carbocycles. The minimum Gasteiger partial charge on any atom is -0.493 e. The zero-order chi connectivity index (χ0) is 17.4. The number of hydrogen-bond donors (Lipinski definition) is 2. The van der Waals surface area contributed by atoms with Crippen molar-refractivity contribution >= 4 is 35.9 Å². The molecule has 0 bridgehead atoms. The van der Waals surface area contributed by atoms with Crippen LogP contribution in [0.25, 0.3) is 0 Å². The van der Waals surface area contributed by atoms with E-state index in [4.69, 9.17) is 9.47 Å². The van der Waals surface area contributed by atoms with Gasteiger partial charge in [-0.25, -0.2) is 0 Å². The van der Waals surface area contributed by atoms with Crippen molar-refractivity contribution in [1.29, 1.82) is 0 Å². The van der Waals surface area contributed by atoms with E-state index >= 15 is 0 Å². The van der Waals surface area contributed by atoms with E-state index in [1.165, 1.54) is 11.1 Å². The number of rotatable bonds is 7. The molecule has 2 rings (SSSR count). The molecule has 1 aromatic rings. The second-order valence-corrected chi connectivity index (χ2v) is 6.00. The van der Waals surface area contributed by atoms with Gasteiger partial charge < -0.3 is 20.1 Å². The van der Waals surface area contributed by atoms with E-state index in [2.05, 4.69) is 27.8 Å². The number of ether oxygens (including phenoxy) is 2. The zero-order valence-corrected chi connectivity index (χ0v) is 17.5. The van der Waals surface area contributed by atoms with Crippen LogP contribution in [0.15, 0.2) is 23.2 Å². The Morgan fingerprint density at radius 2 is 2.08 bits per heavy atom. The number of nitrogens with one attached hydrogen (secondary N) is 2. The van der Waals surface area contributed by atoms with Gasteiger partial charge in [-0.3, -0.25) is 9.79 Å². The number of hydrogen-bond acceptors (Lipinski definition) is 4. The van der Waals surface area contributed by atoms with Crippen LogP contribution in [0.2, 0.25) is 0 Å². The van der Waals surface area contributed by atoms with Gasteiger partial charge in [-0.05, 0) is 37.5 Å². The van der Waals surface area contributed by atoms with Crippen molar-refractivity contribution < 1.29 is 14.3 Å². The van der Waals surface area contributed by atoms with Crippen molar-refractivity contribution in [3.63, 3.8) is 0 Å². The number of halogens is 1. The molecule has 1 aliphatic rings. The van der Waals surface area contributed by atoms with Crippen LogP contribution in [-0.4, -0.2) is 44.8 Å². The Morgan fingerprint density at radius 3 is 2.80 bits per heavy atom. The maximum Gasteiger partial charge on any atom is 0.307 e. The van der Waals surface area contributed by atoms with Gasteiger partial charge in [0.2, 0.25) is 0 Å². The molecule has 7 heteroatoms. The Labute approximate surface area is 166 Å². The topological polar surface area (TPSA) is 72.0 Å². The number of fused-ring (bicyclic) bond motifs is 1. The maximum atomic E-state index is 11.5. The molecule has 0 aromatic heterocycles. The van der Waals surface area contributed by atoms with Gasteiger partial charge >= 0.3 is 5.97 Å². The van der Waals surface area contributed by atoms with E-state index in [0.29, 0.717) is 18.9 Å². The molecule has 0 amide bonds. The summed E-state index contributed by atoms with van der Waals surface area (Å²) in [5.74, 6) is 1.50. The number of guanidine groups is 1. The van der Waals surface area contributed by atoms with Gasteiger partial charge in [-0.15, -0.1) is 24.0 Å². The second-order valence-electron chi connectivity index (χ2n) is 6.00. The Bertz CT molecular complexity index is 591. The highest BCUT2D eigenvalue weighted by Crippen LogP contribution is 2.25. The van der Waals surface area contributed by atoms with Crippen LogP contribution in [0, 0.1) is 0 Å². The van der Waals surface area contributed by atoms with Crippen molar-refractivity contribution in [3.05, 3.63) is 29.3 Å². The van der Waals surface area contributed by atoms with Gasteiger partial charge in [0.1, 0.15) is 5.75 Å². The van der Waals surface area contributed by atoms with E-state index < -0.39 is 0 Å². The first-order chi connectivity index (χ1) is 11.6. The van der Waals surface area contributed by atoms with Crippen LogP contribution in [0.3, 0.4) is 0 Å². The van der Waals surface area contributed by atoms with Crippen LogP contribution in [0.4, 0.5) is 0 Å². The summed E-state index contributed by atoms with van der Waals surface area (Å²) in [4.78, 5) is 15.6. The Hall–Kier alpha value is -1.51. The lowest BCUT2D eigenvalue weighted by molar-refractivity contribution is -0.147. The smallest absolute Gasteiger partial charge is 0.307 e. The van der Waals surface area contributed by atoms with Crippen molar-refractivity contribution in [2.75, 3.05) is 26.7 Å². The third-order valence-corrected chi connectivity index (χ3v) is 3.67. The van der Waals surface area contributed by atoms with Gasteiger partial charge in [0, 0.05) is 26.6 Å². The maximum absolute atomic E-state index is 11.5. The third-order valence-electron chi connectivity index (χ3n) is 3.67. The standard InChI is InChI=1S/C18H27N3O3.HI/c1-13(2)24-17(22)7-10-21-18(19-3)20-9-6-14-4-5-16-15(12-14)8-11-23-16;/h4-5,12-13H,6-11H2,1-3H3,(H2,19,20,21);1H. The monoisotopic (exact) mass is 461 g/mol. The summed E-state index contributed by atoms with van der Waals surface area (Å²) >= 11 is 0. The molecule has 0 radical (unpaired) electrons. The largest absolute Gasteiger partial charge is 0.493 e. The molecule has 0 spiro atoms. The van der Waals surface area contributed by atoms with Crippen LogP contribution >= 0.6 is 24.0 Å². The van der Waals surface area contributed by atoms with Gasteiger partial charge in [-0.1, -0.05) is 12.1 Å². The van der Waals surface area contributed by atoms with E-state index in [9.17, 15) is 4.79 Å². The minimum absolute atomic E-state index is 0. The molecule has 0 saturated carbocycles. The highest BCUT2D eigenvalue weighted by atomic mass is 127. The molecule has 0 saturated heterocycles. The van der Waals surface area contributed by atoms with Crippen molar-refractivity contribution in [2.24, 2.45) is 4.99 Å². The summed E-state index contributed by atoms with van der Waals surface area (Å²) in [5, 5.41) is 6.38. The number of nitrogens with zero attached hydrogens (tertiary/aromatic N) is 1. The summed E-state index contributed by atoms with van der Waals surface area (Å²) in [6, 6.07) is 6.36. The summed E-state index contributed by atoms with van der Waals surface area (Å²) in [6.07, 6.45) is 2.15. The molecule has 0 fully saturated rings. The van der Waals surface area contributed by atoms with Gasteiger partial charge in [-0.2, -0.15) is 0 Å². The van der Waals surface area contributed by atoms with Gasteiger partial charge in [0.15, 0.2) is 5.96 Å². The average molecular weight is 461 g/mol. The van der Waals surface area contributed by atoms with Crippen molar-refractivity contribution in [2.45, 2.75) is 39.2 Å². The predicted molar refractivity (Wildman–Crippen MR) is 110 cm³/mol. The quantitative estimate of drug-likeness (QED) is 0.282. The number of carbonyl (C=O) groups excluding carboxylic acids is 1. The number of aliphatic imine (C=N–C) groups is 1. The fraction of sp³-hybridized carbons (Fsp3) is 0.556. The molecule has 1 aliphatic heterocycles. The van der Waals surface area contributed by atoms with E-state index in [1.807, 2.05) is 19.9 Å². The Morgan fingerprint density at radius 1 is 1.32 bits per heavy atom. The van der Waals surface area contributed by atoms with E-state index in [0.717, 1.165) is 31.7 Å². The van der Waals surface area contributed by atoms with E-state index in [1.54, 1.807) is 7.05 Å². The lowest BCUT2D eigenvalue weighted by Crippen LogP contribution is -2.39. The molecule has 25 heavy (non-hydrogen) atoms. The van der Waals surface area contributed by atoms with Crippen molar-refractivity contribution in [1.82, 2.24) is 10.6 Å². The number of esters is 1. The summed E-state index contributed by atoms with van der Waals surface area (Å²) in [5.41, 5.74) is 2.57. The summed E-state index contributed by atoms with van der Waals surface area (Å²) in [6.45, 7) is 5.75. The zero-order valence-electron chi connectivity index (χ0n) is 15.1. The molecule has 1 aromatic carbocycles. The lowest BCUT2D eigenvalue weighted by Gasteiger charge is -2.12. The van der Waals surface area contributed by atoms with Gasteiger partial charge in [0.05, 0.1) is 19.1 Å². The number of carbonyl (C=O) groups is 1. The molecule has 1 heterocycles. The fourth-order valence-corrected chi connectivity index (χ4v) is 2.55. The minimum atomic E-state index is -0.201. The molecule has 0 atom stereocenters. The molecule has 140 valence electrons. The van der Waals surface area contributed by atoms with Crippen LogP contribution in [-0.2, 0) is 22.4 Å². The van der Waals surface area contributed by atoms with Gasteiger partial charge in [0.25, 0.3) is 0 Å². The first kappa shape index (κ1) is 21.5. The SMILES string of the molecule is CN=C(NCCC(=O)OC(C)C)NCCc1ccc2c(c1)CCO2.I. The Balaban J connectivity index is 0.00000312. The Kier molecular flexibility index (Phi) is 9.62. The molecule has 6 nitrogen and oxygen atoms in total. The summed E-state index contributed by atoms with van der Waals surface area (Å²) in [7, 11) is 1.72. The van der Waals surface area contributed by atoms with Crippen molar-refractivity contribution in [3.8, 4) is 5.75 Å².